The highest BCUT2D eigenvalue weighted by molar-refractivity contribution is 9.10. The summed E-state index contributed by atoms with van der Waals surface area (Å²) in [5.41, 5.74) is 2.90. The van der Waals surface area contributed by atoms with Crippen molar-refractivity contribution in [2.24, 2.45) is 0 Å². The van der Waals surface area contributed by atoms with E-state index in [0.29, 0.717) is 6.04 Å². The van der Waals surface area contributed by atoms with Crippen LogP contribution < -0.4 is 5.32 Å². The SMILES string of the molecule is Cc1cc(NC2CC(C#N)(c3ccccc3)C2)cnc1Br. The molecule has 0 atom stereocenters. The molecule has 1 aromatic carbocycles. The maximum absolute atomic E-state index is 9.56. The molecule has 1 aromatic heterocycles. The summed E-state index contributed by atoms with van der Waals surface area (Å²) in [6.45, 7) is 2.02. The lowest BCUT2D eigenvalue weighted by Crippen LogP contribution is -2.47. The number of hydrogen-bond acceptors (Lipinski definition) is 3. The summed E-state index contributed by atoms with van der Waals surface area (Å²) in [5, 5.41) is 13.0. The van der Waals surface area contributed by atoms with Gasteiger partial charge >= 0.3 is 0 Å². The number of nitriles is 1. The van der Waals surface area contributed by atoms with E-state index in [1.54, 1.807) is 0 Å². The van der Waals surface area contributed by atoms with E-state index in [9.17, 15) is 5.26 Å². The van der Waals surface area contributed by atoms with Crippen molar-refractivity contribution in [3.8, 4) is 6.07 Å². The second kappa shape index (κ2) is 5.50. The van der Waals surface area contributed by atoms with Crippen LogP contribution in [0.15, 0.2) is 47.2 Å². The topological polar surface area (TPSA) is 48.7 Å². The fraction of sp³-hybridized carbons (Fsp3) is 0.294. The third-order valence-electron chi connectivity index (χ3n) is 4.12. The quantitative estimate of drug-likeness (QED) is 0.851. The van der Waals surface area contributed by atoms with Gasteiger partial charge in [-0.3, -0.25) is 0 Å². The summed E-state index contributed by atoms with van der Waals surface area (Å²) in [5.74, 6) is 0. The third kappa shape index (κ3) is 2.66. The van der Waals surface area contributed by atoms with Gasteiger partial charge in [0.05, 0.1) is 23.4 Å². The van der Waals surface area contributed by atoms with E-state index in [-0.39, 0.29) is 5.41 Å². The second-order valence-corrected chi connectivity index (χ2v) is 6.39. The van der Waals surface area contributed by atoms with Gasteiger partial charge in [0.25, 0.3) is 0 Å². The molecule has 1 saturated carbocycles. The van der Waals surface area contributed by atoms with E-state index in [0.717, 1.165) is 34.3 Å². The van der Waals surface area contributed by atoms with Gasteiger partial charge in [0.2, 0.25) is 0 Å². The van der Waals surface area contributed by atoms with Crippen LogP contribution in [0.4, 0.5) is 5.69 Å². The zero-order chi connectivity index (χ0) is 14.9. The molecule has 0 unspecified atom stereocenters. The Morgan fingerprint density at radius 1 is 1.33 bits per heavy atom. The number of halogens is 1. The Bertz CT molecular complexity index is 685. The van der Waals surface area contributed by atoms with Crippen LogP contribution in [-0.4, -0.2) is 11.0 Å². The van der Waals surface area contributed by atoms with Crippen molar-refractivity contribution in [2.45, 2.75) is 31.2 Å². The molecule has 0 saturated heterocycles. The van der Waals surface area contributed by atoms with Gasteiger partial charge in [0.1, 0.15) is 4.60 Å². The van der Waals surface area contributed by atoms with Crippen LogP contribution in [0.5, 0.6) is 0 Å². The molecule has 0 spiro atoms. The van der Waals surface area contributed by atoms with E-state index < -0.39 is 0 Å². The number of nitrogens with zero attached hydrogens (tertiary/aromatic N) is 2. The molecule has 0 radical (unpaired) electrons. The van der Waals surface area contributed by atoms with E-state index in [2.05, 4.69) is 38.4 Å². The number of anilines is 1. The highest BCUT2D eigenvalue weighted by Crippen LogP contribution is 2.44. The molecule has 21 heavy (non-hydrogen) atoms. The van der Waals surface area contributed by atoms with Crippen molar-refractivity contribution in [3.05, 3.63) is 58.3 Å². The molecule has 1 heterocycles. The third-order valence-corrected chi connectivity index (χ3v) is 4.95. The van der Waals surface area contributed by atoms with Gasteiger partial charge in [-0.2, -0.15) is 5.26 Å². The summed E-state index contributed by atoms with van der Waals surface area (Å²) in [6.07, 6.45) is 3.50. The van der Waals surface area contributed by atoms with Crippen LogP contribution in [0.1, 0.15) is 24.0 Å². The van der Waals surface area contributed by atoms with Gasteiger partial charge in [-0.25, -0.2) is 4.98 Å². The number of aryl methyl sites for hydroxylation is 1. The number of benzene rings is 1. The monoisotopic (exact) mass is 341 g/mol. The number of hydrogen-bond donors (Lipinski definition) is 1. The molecule has 1 N–H and O–H groups in total. The van der Waals surface area contributed by atoms with Crippen LogP contribution >= 0.6 is 15.9 Å². The largest absolute Gasteiger partial charge is 0.381 e. The predicted molar refractivity (Wildman–Crippen MR) is 87.1 cm³/mol. The lowest BCUT2D eigenvalue weighted by molar-refractivity contribution is 0.289. The molecule has 0 bridgehead atoms. The van der Waals surface area contributed by atoms with Gasteiger partial charge in [0.15, 0.2) is 0 Å². The van der Waals surface area contributed by atoms with Crippen LogP contribution in [0.25, 0.3) is 0 Å². The average molecular weight is 342 g/mol. The first-order valence-electron chi connectivity index (χ1n) is 6.98. The Morgan fingerprint density at radius 2 is 2.05 bits per heavy atom. The lowest BCUT2D eigenvalue weighted by Gasteiger charge is -2.43. The van der Waals surface area contributed by atoms with Gasteiger partial charge in [0, 0.05) is 6.04 Å². The van der Waals surface area contributed by atoms with Crippen molar-refractivity contribution < 1.29 is 0 Å². The van der Waals surface area contributed by atoms with Crippen molar-refractivity contribution in [1.29, 1.82) is 5.26 Å². The minimum Gasteiger partial charge on any atom is -0.381 e. The van der Waals surface area contributed by atoms with Crippen molar-refractivity contribution in [1.82, 2.24) is 4.98 Å². The number of pyridine rings is 1. The molecule has 1 aliphatic carbocycles. The molecule has 106 valence electrons. The first kappa shape index (κ1) is 14.1. The molecule has 4 heteroatoms. The summed E-state index contributed by atoms with van der Waals surface area (Å²) < 4.78 is 0.873. The van der Waals surface area contributed by atoms with Gasteiger partial charge in [-0.1, -0.05) is 30.3 Å². The Hall–Kier alpha value is -1.86. The number of aromatic nitrogens is 1. The van der Waals surface area contributed by atoms with Crippen LogP contribution in [0, 0.1) is 18.3 Å². The molecule has 1 fully saturated rings. The number of rotatable bonds is 3. The molecule has 3 rings (SSSR count). The Morgan fingerprint density at radius 3 is 2.67 bits per heavy atom. The van der Waals surface area contributed by atoms with Crippen LogP contribution in [-0.2, 0) is 5.41 Å². The maximum atomic E-state index is 9.56. The predicted octanol–water partition coefficient (Wildman–Crippen LogP) is 4.19. The van der Waals surface area contributed by atoms with Gasteiger partial charge in [-0.15, -0.1) is 0 Å². The van der Waals surface area contributed by atoms with Gasteiger partial charge < -0.3 is 5.32 Å². The first-order valence-corrected chi connectivity index (χ1v) is 7.78. The van der Waals surface area contributed by atoms with E-state index in [1.165, 1.54) is 0 Å². The van der Waals surface area contributed by atoms with E-state index in [1.807, 2.05) is 43.5 Å². The normalized spacial score (nSPS) is 24.0. The highest BCUT2D eigenvalue weighted by atomic mass is 79.9. The smallest absolute Gasteiger partial charge is 0.109 e. The van der Waals surface area contributed by atoms with E-state index >= 15 is 0 Å². The summed E-state index contributed by atoms with van der Waals surface area (Å²) in [7, 11) is 0. The van der Waals surface area contributed by atoms with Crippen LogP contribution in [0.2, 0.25) is 0 Å². The average Bonchev–Trinajstić information content (AvgIpc) is 2.47. The molecule has 2 aromatic rings. The van der Waals surface area contributed by atoms with Crippen molar-refractivity contribution in [2.75, 3.05) is 5.32 Å². The highest BCUT2D eigenvalue weighted by Gasteiger charge is 2.46. The summed E-state index contributed by atoms with van der Waals surface area (Å²) in [4.78, 5) is 4.29. The lowest BCUT2D eigenvalue weighted by atomic mass is 9.62. The van der Waals surface area contributed by atoms with Crippen molar-refractivity contribution >= 4 is 21.6 Å². The summed E-state index contributed by atoms with van der Waals surface area (Å²) in [6, 6.07) is 15.0. The van der Waals surface area contributed by atoms with Crippen LogP contribution in [0.3, 0.4) is 0 Å². The maximum Gasteiger partial charge on any atom is 0.109 e. The standard InChI is InChI=1S/C17H16BrN3/c1-12-7-14(10-20-16(12)18)21-15-8-17(9-15,11-19)13-5-3-2-4-6-13/h2-7,10,15,21H,8-9H2,1H3. The molecular weight excluding hydrogens is 326 g/mol. The van der Waals surface area contributed by atoms with Crippen molar-refractivity contribution in [3.63, 3.8) is 0 Å². The summed E-state index contributed by atoms with van der Waals surface area (Å²) >= 11 is 3.40. The minimum atomic E-state index is -0.337. The Kier molecular flexibility index (Phi) is 3.69. The zero-order valence-corrected chi connectivity index (χ0v) is 13.4. The molecule has 0 amide bonds. The van der Waals surface area contributed by atoms with E-state index in [4.69, 9.17) is 0 Å². The molecule has 1 aliphatic rings. The molecule has 0 aliphatic heterocycles. The van der Waals surface area contributed by atoms with Gasteiger partial charge in [-0.05, 0) is 52.9 Å². The molecular formula is C17H16BrN3. The second-order valence-electron chi connectivity index (χ2n) is 5.64. The number of nitrogens with one attached hydrogen (secondary N) is 1. The minimum absolute atomic E-state index is 0.326. The Balaban J connectivity index is 1.70. The fourth-order valence-electron chi connectivity index (χ4n) is 2.91. The molecule has 3 nitrogen and oxygen atoms in total. The zero-order valence-electron chi connectivity index (χ0n) is 11.8. The fourth-order valence-corrected chi connectivity index (χ4v) is 3.12. The first-order chi connectivity index (χ1) is 10.1. The Labute approximate surface area is 133 Å².